The summed E-state index contributed by atoms with van der Waals surface area (Å²) in [7, 11) is 2.93. The van der Waals surface area contributed by atoms with Gasteiger partial charge in [0.1, 0.15) is 41.3 Å². The summed E-state index contributed by atoms with van der Waals surface area (Å²) >= 11 is 1.07. The van der Waals surface area contributed by atoms with Gasteiger partial charge in [0.15, 0.2) is 35.6 Å². The Bertz CT molecular complexity index is 1490. The lowest BCUT2D eigenvalue weighted by Gasteiger charge is -2.52. The average Bonchev–Trinajstić information content (AvgIpc) is 3.58. The van der Waals surface area contributed by atoms with Crippen LogP contribution in [0, 0.1) is 0 Å². The highest BCUT2D eigenvalue weighted by molar-refractivity contribution is 7.13. The lowest BCUT2D eigenvalue weighted by molar-refractivity contribution is -0.364. The zero-order valence-electron chi connectivity index (χ0n) is 24.9. The molecule has 15 nitrogen and oxygen atoms in total. The molecule has 3 aromatic rings. The summed E-state index contributed by atoms with van der Waals surface area (Å²) in [6, 6.07) is 12.9. The number of carbonyl (C=O) groups excluding carboxylic acids is 2. The first-order valence-corrected chi connectivity index (χ1v) is 14.7. The van der Waals surface area contributed by atoms with Gasteiger partial charge < -0.3 is 64.2 Å². The molecule has 0 spiro atoms. The standard InChI is InChI=1S/C30H35NO14S/c1-29(44-16-7-5-4-6-8-16)26(43-28(39)24(37)23(36)22(35)17(34)12-32)25(38)30(40,21(13-33)45-29)20-14-46-27(31-20)15-9-10-18(41-2)19(11-15)42-3/h4-12,14,17,21-26,33-38,40H,13H2,1-3H3/t17-,21-,22+,23-,24+,25-,26-,29-,30-/m1/s1. The van der Waals surface area contributed by atoms with Crippen molar-refractivity contribution in [3.05, 3.63) is 59.6 Å². The van der Waals surface area contributed by atoms with Gasteiger partial charge >= 0.3 is 5.97 Å². The van der Waals surface area contributed by atoms with Crippen molar-refractivity contribution in [3.63, 3.8) is 0 Å². The highest BCUT2D eigenvalue weighted by atomic mass is 32.1. The first kappa shape index (κ1) is 35.1. The summed E-state index contributed by atoms with van der Waals surface area (Å²) in [4.78, 5) is 28.4. The lowest BCUT2D eigenvalue weighted by atomic mass is 9.79. The van der Waals surface area contributed by atoms with E-state index in [1.54, 1.807) is 36.4 Å². The van der Waals surface area contributed by atoms with Crippen molar-refractivity contribution in [2.24, 2.45) is 0 Å². The molecule has 250 valence electrons. The number of rotatable bonds is 13. The molecule has 0 bridgehead atoms. The van der Waals surface area contributed by atoms with E-state index in [0.29, 0.717) is 22.1 Å². The van der Waals surface area contributed by atoms with Crippen molar-refractivity contribution in [2.45, 2.75) is 61.0 Å². The van der Waals surface area contributed by atoms with Crippen molar-refractivity contribution in [1.82, 2.24) is 4.98 Å². The van der Waals surface area contributed by atoms with E-state index < -0.39 is 66.7 Å². The Morgan fingerprint density at radius 3 is 2.35 bits per heavy atom. The van der Waals surface area contributed by atoms with Crippen molar-refractivity contribution < 1.29 is 69.0 Å². The first-order valence-electron chi connectivity index (χ1n) is 13.8. The second-order valence-electron chi connectivity index (χ2n) is 10.5. The molecule has 1 saturated heterocycles. The highest BCUT2D eigenvalue weighted by Crippen LogP contribution is 2.45. The van der Waals surface area contributed by atoms with Gasteiger partial charge in [0.2, 0.25) is 5.79 Å². The number of aldehydes is 1. The number of nitrogens with zero attached hydrogens (tertiary/aromatic N) is 1. The van der Waals surface area contributed by atoms with Crippen LogP contribution < -0.4 is 14.2 Å². The Labute approximate surface area is 266 Å². The minimum Gasteiger partial charge on any atom is -0.493 e. The number of ether oxygens (including phenoxy) is 5. The van der Waals surface area contributed by atoms with Crippen molar-refractivity contribution in [3.8, 4) is 27.8 Å². The Hall–Kier alpha value is -3.71. The maximum absolute atomic E-state index is 13.1. The predicted octanol–water partition coefficient (Wildman–Crippen LogP) is -0.884. The van der Waals surface area contributed by atoms with E-state index >= 15 is 0 Å². The molecule has 46 heavy (non-hydrogen) atoms. The van der Waals surface area contributed by atoms with Gasteiger partial charge in [-0.2, -0.15) is 0 Å². The molecule has 1 aliphatic heterocycles. The number of carbonyl (C=O) groups is 2. The van der Waals surface area contributed by atoms with Gasteiger partial charge in [-0.15, -0.1) is 11.3 Å². The molecule has 1 fully saturated rings. The molecule has 1 aromatic heterocycles. The van der Waals surface area contributed by atoms with Crippen LogP contribution in [0.4, 0.5) is 0 Å². The lowest BCUT2D eigenvalue weighted by Crippen LogP contribution is -2.72. The molecule has 0 saturated carbocycles. The van der Waals surface area contributed by atoms with Gasteiger partial charge in [0.25, 0.3) is 0 Å². The summed E-state index contributed by atoms with van der Waals surface area (Å²) in [5.41, 5.74) is -2.18. The van der Waals surface area contributed by atoms with Crippen molar-refractivity contribution in [2.75, 3.05) is 20.8 Å². The number of para-hydroxylation sites is 1. The number of thiazole rings is 1. The first-order chi connectivity index (χ1) is 21.8. The Morgan fingerprint density at radius 2 is 1.74 bits per heavy atom. The number of aromatic nitrogens is 1. The number of benzene rings is 2. The molecule has 2 heterocycles. The quantitative estimate of drug-likeness (QED) is 0.0867. The molecule has 16 heteroatoms. The fraction of sp³-hybridized carbons (Fsp3) is 0.433. The number of hydrogen-bond acceptors (Lipinski definition) is 16. The summed E-state index contributed by atoms with van der Waals surface area (Å²) in [6.07, 6.45) is -15.3. The third-order valence-electron chi connectivity index (χ3n) is 7.54. The molecule has 0 aliphatic carbocycles. The van der Waals surface area contributed by atoms with E-state index in [4.69, 9.17) is 23.7 Å². The maximum atomic E-state index is 13.1. The molecule has 0 radical (unpaired) electrons. The van der Waals surface area contributed by atoms with E-state index in [1.807, 2.05) is 0 Å². The fourth-order valence-electron chi connectivity index (χ4n) is 4.98. The SMILES string of the molecule is COc1ccc(-c2nc([C@]3(O)[C@H](O)[C@@H](OC(=O)[C@@H](O)[C@H](O)[C@@H](O)[C@H](O)C=O)[C@](C)(Oc4ccccc4)O[C@@H]3CO)cs2)cc1OC. The van der Waals surface area contributed by atoms with Crippen LogP contribution in [-0.2, 0) is 24.7 Å². The molecule has 1 aliphatic rings. The molecule has 0 unspecified atom stereocenters. The van der Waals surface area contributed by atoms with Crippen LogP contribution in [0.1, 0.15) is 12.6 Å². The van der Waals surface area contributed by atoms with Crippen LogP contribution in [0.15, 0.2) is 53.9 Å². The summed E-state index contributed by atoms with van der Waals surface area (Å²) in [6.45, 7) is 0.371. The Kier molecular flexibility index (Phi) is 11.0. The van der Waals surface area contributed by atoms with Gasteiger partial charge in [-0.3, -0.25) is 0 Å². The average molecular weight is 666 g/mol. The van der Waals surface area contributed by atoms with E-state index in [9.17, 15) is 45.3 Å². The van der Waals surface area contributed by atoms with Crippen LogP contribution >= 0.6 is 11.3 Å². The smallest absolute Gasteiger partial charge is 0.338 e. The summed E-state index contributed by atoms with van der Waals surface area (Å²) in [5, 5.41) is 76.0. The largest absolute Gasteiger partial charge is 0.493 e. The van der Waals surface area contributed by atoms with Crippen molar-refractivity contribution >= 4 is 23.6 Å². The molecule has 9 atom stereocenters. The van der Waals surface area contributed by atoms with Crippen molar-refractivity contribution in [1.29, 1.82) is 0 Å². The molecular formula is C30H35NO14S. The van der Waals surface area contributed by atoms with E-state index in [0.717, 1.165) is 11.3 Å². The van der Waals surface area contributed by atoms with Crippen LogP contribution in [0.25, 0.3) is 10.6 Å². The van der Waals surface area contributed by atoms with Crippen LogP contribution in [0.5, 0.6) is 17.2 Å². The topological polar surface area (TPSA) is 235 Å². The predicted molar refractivity (Wildman–Crippen MR) is 158 cm³/mol. The fourth-order valence-corrected chi connectivity index (χ4v) is 5.86. The van der Waals surface area contributed by atoms with Gasteiger partial charge in [0, 0.05) is 17.9 Å². The Morgan fingerprint density at radius 1 is 1.07 bits per heavy atom. The molecule has 4 rings (SSSR count). The zero-order valence-corrected chi connectivity index (χ0v) is 25.7. The monoisotopic (exact) mass is 665 g/mol. The van der Waals surface area contributed by atoms with Gasteiger partial charge in [-0.25, -0.2) is 9.78 Å². The third kappa shape index (κ3) is 6.71. The maximum Gasteiger partial charge on any atom is 0.338 e. The molecular weight excluding hydrogens is 630 g/mol. The van der Waals surface area contributed by atoms with Gasteiger partial charge in [-0.05, 0) is 30.3 Å². The molecule has 0 amide bonds. The molecule has 7 N–H and O–H groups in total. The van der Waals surface area contributed by atoms with E-state index in [2.05, 4.69) is 4.98 Å². The number of aliphatic hydroxyl groups is 7. The van der Waals surface area contributed by atoms with Gasteiger partial charge in [-0.1, -0.05) is 18.2 Å². The summed E-state index contributed by atoms with van der Waals surface area (Å²) < 4.78 is 27.9. The normalized spacial score (nSPS) is 27.1. The zero-order chi connectivity index (χ0) is 33.8. The second kappa shape index (κ2) is 14.4. The van der Waals surface area contributed by atoms with Crippen LogP contribution in [0.3, 0.4) is 0 Å². The number of methoxy groups -OCH3 is 2. The van der Waals surface area contributed by atoms with Crippen LogP contribution in [-0.4, -0.2) is 122 Å². The minimum absolute atomic E-state index is 0.116. The highest BCUT2D eigenvalue weighted by Gasteiger charge is 2.64. The molecule has 2 aromatic carbocycles. The second-order valence-corrected chi connectivity index (χ2v) is 11.4. The summed E-state index contributed by atoms with van der Waals surface area (Å²) in [5.74, 6) is -2.77. The number of aliphatic hydroxyl groups excluding tert-OH is 6. The minimum atomic E-state index is -2.55. The Balaban J connectivity index is 1.73. The number of hydrogen-bond donors (Lipinski definition) is 7. The van der Waals surface area contributed by atoms with E-state index in [-0.39, 0.29) is 17.7 Å². The number of esters is 1. The van der Waals surface area contributed by atoms with E-state index in [1.165, 1.54) is 38.7 Å². The van der Waals surface area contributed by atoms with Gasteiger partial charge in [0.05, 0.1) is 26.5 Å². The third-order valence-corrected chi connectivity index (χ3v) is 8.43. The van der Waals surface area contributed by atoms with Crippen LogP contribution in [0.2, 0.25) is 0 Å².